The molecule has 3 N–H and O–H groups in total. The van der Waals surface area contributed by atoms with Crippen LogP contribution in [0.2, 0.25) is 0 Å². The molecule has 1 rings (SSSR count). The maximum absolute atomic E-state index is 12.0. The van der Waals surface area contributed by atoms with Crippen LogP contribution in [0.15, 0.2) is 33.7 Å². The Hall–Kier alpha value is -1.61. The molecule has 1 aromatic carbocycles. The van der Waals surface area contributed by atoms with Crippen molar-refractivity contribution in [3.63, 3.8) is 0 Å². The van der Waals surface area contributed by atoms with Crippen LogP contribution < -0.4 is 16.0 Å². The van der Waals surface area contributed by atoms with Gasteiger partial charge in [-0.15, -0.1) is 0 Å². The third-order valence-electron chi connectivity index (χ3n) is 3.42. The zero-order valence-electron chi connectivity index (χ0n) is 15.4. The summed E-state index contributed by atoms with van der Waals surface area (Å²) >= 11 is 3.33. The molecule has 0 heterocycles. The molecule has 7 nitrogen and oxygen atoms in total. The molecule has 1 aromatic rings. The number of benzene rings is 1. The Morgan fingerprint density at radius 1 is 1.23 bits per heavy atom. The molecule has 146 valence electrons. The number of hydrogen-bond donors (Lipinski definition) is 3. The van der Waals surface area contributed by atoms with Gasteiger partial charge < -0.3 is 16.0 Å². The second kappa shape index (κ2) is 11.2. The van der Waals surface area contributed by atoms with Crippen LogP contribution in [0.3, 0.4) is 0 Å². The predicted octanol–water partition coefficient (Wildman–Crippen LogP) is 1.56. The van der Waals surface area contributed by atoms with Crippen molar-refractivity contribution in [3.8, 4) is 0 Å². The van der Waals surface area contributed by atoms with Gasteiger partial charge in [-0.05, 0) is 44.5 Å². The molecular formula is C17H27BrN4O3S. The topological polar surface area (TPSA) is 99.7 Å². The lowest BCUT2D eigenvalue weighted by atomic mass is 10.2. The van der Waals surface area contributed by atoms with Gasteiger partial charge in [0.2, 0.25) is 0 Å². The van der Waals surface area contributed by atoms with Crippen molar-refractivity contribution in [2.24, 2.45) is 4.99 Å². The van der Waals surface area contributed by atoms with E-state index in [2.05, 4.69) is 36.9 Å². The number of guanidine groups is 1. The number of aliphatic imine (C=N–C) groups is 1. The first-order valence-corrected chi connectivity index (χ1v) is 11.3. The quantitative estimate of drug-likeness (QED) is 0.303. The fourth-order valence-electron chi connectivity index (χ4n) is 2.06. The zero-order valence-corrected chi connectivity index (χ0v) is 17.8. The third kappa shape index (κ3) is 9.76. The minimum absolute atomic E-state index is 0.0279. The highest BCUT2D eigenvalue weighted by Crippen LogP contribution is 2.10. The number of sulfone groups is 1. The molecule has 9 heteroatoms. The monoisotopic (exact) mass is 446 g/mol. The first kappa shape index (κ1) is 22.4. The average molecular weight is 447 g/mol. The second-order valence-corrected chi connectivity index (χ2v) is 9.16. The fraction of sp³-hybridized carbons (Fsp3) is 0.529. The van der Waals surface area contributed by atoms with E-state index in [-0.39, 0.29) is 17.7 Å². The van der Waals surface area contributed by atoms with Gasteiger partial charge >= 0.3 is 0 Å². The third-order valence-corrected chi connectivity index (χ3v) is 4.93. The van der Waals surface area contributed by atoms with Gasteiger partial charge in [0.15, 0.2) is 5.96 Å². The zero-order chi connectivity index (χ0) is 19.6. The van der Waals surface area contributed by atoms with Crippen LogP contribution in [0.4, 0.5) is 0 Å². The van der Waals surface area contributed by atoms with Crippen LogP contribution in [-0.2, 0) is 9.84 Å². The molecule has 0 saturated carbocycles. The highest BCUT2D eigenvalue weighted by Gasteiger charge is 2.09. The molecule has 0 spiro atoms. The van der Waals surface area contributed by atoms with E-state index in [1.165, 1.54) is 6.26 Å². The molecule has 0 fully saturated rings. The van der Waals surface area contributed by atoms with Gasteiger partial charge in [-0.1, -0.05) is 15.9 Å². The highest BCUT2D eigenvalue weighted by molar-refractivity contribution is 9.10. The maximum atomic E-state index is 12.0. The van der Waals surface area contributed by atoms with Gasteiger partial charge in [0.1, 0.15) is 9.84 Å². The summed E-state index contributed by atoms with van der Waals surface area (Å²) in [4.78, 5) is 16.4. The molecule has 1 unspecified atom stereocenters. The van der Waals surface area contributed by atoms with E-state index in [9.17, 15) is 13.2 Å². The Kier molecular flexibility index (Phi) is 9.64. The van der Waals surface area contributed by atoms with Crippen molar-refractivity contribution < 1.29 is 13.2 Å². The van der Waals surface area contributed by atoms with Crippen LogP contribution in [0, 0.1) is 0 Å². The Balaban J connectivity index is 2.45. The molecular weight excluding hydrogens is 420 g/mol. The minimum atomic E-state index is -2.98. The molecule has 0 aliphatic rings. The second-order valence-electron chi connectivity index (χ2n) is 5.99. The number of rotatable bonds is 9. The van der Waals surface area contributed by atoms with Gasteiger partial charge in [-0.25, -0.2) is 8.42 Å². The summed E-state index contributed by atoms with van der Waals surface area (Å²) in [5.41, 5.74) is 0.594. The van der Waals surface area contributed by atoms with Crippen LogP contribution >= 0.6 is 15.9 Å². The molecule has 0 aromatic heterocycles. The molecule has 1 atom stereocenters. The molecule has 26 heavy (non-hydrogen) atoms. The van der Waals surface area contributed by atoms with Crippen molar-refractivity contribution in [1.82, 2.24) is 16.0 Å². The summed E-state index contributed by atoms with van der Waals surface area (Å²) in [6.07, 6.45) is 1.73. The van der Waals surface area contributed by atoms with E-state index in [1.54, 1.807) is 12.1 Å². The molecule has 0 saturated heterocycles. The van der Waals surface area contributed by atoms with Crippen LogP contribution in [0.5, 0.6) is 0 Å². The van der Waals surface area contributed by atoms with Gasteiger partial charge in [0, 0.05) is 35.4 Å². The van der Waals surface area contributed by atoms with E-state index in [0.29, 0.717) is 37.6 Å². The SMILES string of the molecule is CCNC(=NCCNC(=O)c1ccc(Br)cc1)NC(C)CCS(C)(=O)=O. The number of nitrogens with one attached hydrogen (secondary N) is 3. The fourth-order valence-corrected chi connectivity index (χ4v) is 3.10. The molecule has 0 aliphatic heterocycles. The molecule has 1 amide bonds. The van der Waals surface area contributed by atoms with E-state index < -0.39 is 9.84 Å². The van der Waals surface area contributed by atoms with Crippen LogP contribution in [0.25, 0.3) is 0 Å². The molecule has 0 bridgehead atoms. The number of carbonyl (C=O) groups is 1. The Bertz CT molecular complexity index is 705. The molecule has 0 aliphatic carbocycles. The number of amides is 1. The van der Waals surface area contributed by atoms with E-state index >= 15 is 0 Å². The summed E-state index contributed by atoms with van der Waals surface area (Å²) in [6.45, 7) is 5.37. The predicted molar refractivity (Wildman–Crippen MR) is 109 cm³/mol. The average Bonchev–Trinajstić information content (AvgIpc) is 2.57. The first-order valence-electron chi connectivity index (χ1n) is 8.47. The van der Waals surface area contributed by atoms with Crippen LogP contribution in [0.1, 0.15) is 30.6 Å². The smallest absolute Gasteiger partial charge is 0.251 e. The highest BCUT2D eigenvalue weighted by atomic mass is 79.9. The van der Waals surface area contributed by atoms with E-state index in [1.807, 2.05) is 26.0 Å². The summed E-state index contributed by atoms with van der Waals surface area (Å²) < 4.78 is 23.4. The lowest BCUT2D eigenvalue weighted by molar-refractivity contribution is 0.0954. The lowest BCUT2D eigenvalue weighted by Gasteiger charge is -2.17. The number of nitrogens with zero attached hydrogens (tertiary/aromatic N) is 1. The molecule has 0 radical (unpaired) electrons. The van der Waals surface area contributed by atoms with Gasteiger partial charge in [0.05, 0.1) is 12.3 Å². The number of carbonyl (C=O) groups excluding carboxylic acids is 1. The Labute approximate surface area is 164 Å². The summed E-state index contributed by atoms with van der Waals surface area (Å²) in [5.74, 6) is 0.586. The van der Waals surface area contributed by atoms with Gasteiger partial charge in [-0.2, -0.15) is 0 Å². The lowest BCUT2D eigenvalue weighted by Crippen LogP contribution is -2.43. The standard InChI is InChI=1S/C17H27BrN4O3S/c1-4-19-17(22-13(2)9-12-26(3,24)25)21-11-10-20-16(23)14-5-7-15(18)8-6-14/h5-8,13H,4,9-12H2,1-3H3,(H,20,23)(H2,19,21,22). The first-order chi connectivity index (χ1) is 12.2. The van der Waals surface area contributed by atoms with Crippen molar-refractivity contribution >= 4 is 37.6 Å². The number of hydrogen-bond acceptors (Lipinski definition) is 4. The van der Waals surface area contributed by atoms with Crippen molar-refractivity contribution in [2.45, 2.75) is 26.3 Å². The normalized spacial score (nSPS) is 13.2. The van der Waals surface area contributed by atoms with Crippen LogP contribution in [-0.4, -0.2) is 58.0 Å². The Morgan fingerprint density at radius 3 is 2.46 bits per heavy atom. The summed E-state index contributed by atoms with van der Waals surface area (Å²) in [5, 5.41) is 9.10. The van der Waals surface area contributed by atoms with Crippen molar-refractivity contribution in [3.05, 3.63) is 34.3 Å². The maximum Gasteiger partial charge on any atom is 0.251 e. The van der Waals surface area contributed by atoms with Gasteiger partial charge in [0.25, 0.3) is 5.91 Å². The number of halogens is 1. The van der Waals surface area contributed by atoms with E-state index in [0.717, 1.165) is 4.47 Å². The van der Waals surface area contributed by atoms with Crippen molar-refractivity contribution in [2.75, 3.05) is 31.6 Å². The Morgan fingerprint density at radius 2 is 1.88 bits per heavy atom. The summed E-state index contributed by atoms with van der Waals surface area (Å²) in [7, 11) is -2.98. The van der Waals surface area contributed by atoms with Crippen molar-refractivity contribution in [1.29, 1.82) is 0 Å². The minimum Gasteiger partial charge on any atom is -0.357 e. The van der Waals surface area contributed by atoms with Gasteiger partial charge in [-0.3, -0.25) is 9.79 Å². The largest absolute Gasteiger partial charge is 0.357 e. The summed E-state index contributed by atoms with van der Waals surface area (Å²) in [6, 6.07) is 7.10. The van der Waals surface area contributed by atoms with E-state index in [4.69, 9.17) is 0 Å².